The van der Waals surface area contributed by atoms with E-state index in [-0.39, 0.29) is 0 Å². The Bertz CT molecular complexity index is 550. The number of benzene rings is 1. The van der Waals surface area contributed by atoms with E-state index >= 15 is 0 Å². The van der Waals surface area contributed by atoms with Gasteiger partial charge in [-0.05, 0) is 48.6 Å². The van der Waals surface area contributed by atoms with Crippen molar-refractivity contribution in [3.8, 4) is 0 Å². The number of nitrogens with zero attached hydrogens (tertiary/aromatic N) is 1. The molecule has 1 aliphatic heterocycles. The molecule has 1 saturated heterocycles. The third-order valence-corrected chi connectivity index (χ3v) is 4.40. The van der Waals surface area contributed by atoms with Gasteiger partial charge < -0.3 is 11.1 Å². The molecule has 3 rings (SSSR count). The molecular formula is C14H17N3S. The van der Waals surface area contributed by atoms with Crippen molar-refractivity contribution in [2.45, 2.75) is 18.9 Å². The van der Waals surface area contributed by atoms with Crippen LogP contribution in [0.15, 0.2) is 30.5 Å². The lowest BCUT2D eigenvalue weighted by atomic mass is 10.1. The number of aromatic nitrogens is 1. The molecular weight excluding hydrogens is 242 g/mol. The van der Waals surface area contributed by atoms with Crippen LogP contribution in [0.1, 0.15) is 12.8 Å². The van der Waals surface area contributed by atoms with E-state index in [2.05, 4.69) is 22.4 Å². The van der Waals surface area contributed by atoms with Gasteiger partial charge in [0.1, 0.15) is 0 Å². The van der Waals surface area contributed by atoms with Crippen molar-refractivity contribution in [1.82, 2.24) is 4.98 Å². The maximum Gasteiger partial charge on any atom is 0.0743 e. The highest BCUT2D eigenvalue weighted by Crippen LogP contribution is 2.26. The first-order valence-electron chi connectivity index (χ1n) is 6.31. The molecule has 3 nitrogen and oxygen atoms in total. The largest absolute Gasteiger partial charge is 0.399 e. The van der Waals surface area contributed by atoms with Crippen LogP contribution in [0.2, 0.25) is 0 Å². The molecule has 1 aromatic heterocycles. The molecule has 4 heteroatoms. The fourth-order valence-electron chi connectivity index (χ4n) is 2.35. The zero-order valence-corrected chi connectivity index (χ0v) is 11.0. The Labute approximate surface area is 111 Å². The number of pyridine rings is 1. The second kappa shape index (κ2) is 5.06. The van der Waals surface area contributed by atoms with Gasteiger partial charge in [0, 0.05) is 29.0 Å². The molecule has 1 fully saturated rings. The van der Waals surface area contributed by atoms with Crippen molar-refractivity contribution in [2.75, 3.05) is 22.6 Å². The van der Waals surface area contributed by atoms with Gasteiger partial charge in [0.15, 0.2) is 0 Å². The standard InChI is InChI=1S/C14H17N3S/c15-10-1-2-12-13(3-6-16-14(12)9-10)17-11-4-7-18-8-5-11/h1-3,6,9,11H,4-5,7-8,15H2,(H,16,17). The van der Waals surface area contributed by atoms with Crippen molar-refractivity contribution in [3.05, 3.63) is 30.5 Å². The van der Waals surface area contributed by atoms with E-state index in [0.717, 1.165) is 16.6 Å². The van der Waals surface area contributed by atoms with Gasteiger partial charge in [0.25, 0.3) is 0 Å². The molecule has 2 aromatic rings. The summed E-state index contributed by atoms with van der Waals surface area (Å²) in [6, 6.07) is 8.57. The molecule has 0 spiro atoms. The van der Waals surface area contributed by atoms with E-state index in [1.165, 1.54) is 30.0 Å². The zero-order chi connectivity index (χ0) is 12.4. The fraction of sp³-hybridized carbons (Fsp3) is 0.357. The number of nitrogens with two attached hydrogens (primary N) is 1. The van der Waals surface area contributed by atoms with Crippen molar-refractivity contribution >= 4 is 34.0 Å². The normalized spacial score (nSPS) is 16.9. The fourth-order valence-corrected chi connectivity index (χ4v) is 3.46. The Morgan fingerprint density at radius 3 is 2.89 bits per heavy atom. The summed E-state index contributed by atoms with van der Waals surface area (Å²) in [5.41, 5.74) is 8.70. The second-order valence-corrected chi connectivity index (χ2v) is 5.89. The summed E-state index contributed by atoms with van der Waals surface area (Å²) < 4.78 is 0. The van der Waals surface area contributed by atoms with Gasteiger partial charge in [-0.25, -0.2) is 0 Å². The molecule has 94 valence electrons. The van der Waals surface area contributed by atoms with E-state index < -0.39 is 0 Å². The zero-order valence-electron chi connectivity index (χ0n) is 10.2. The van der Waals surface area contributed by atoms with Gasteiger partial charge in [-0.3, -0.25) is 4.98 Å². The van der Waals surface area contributed by atoms with Crippen LogP contribution in [-0.2, 0) is 0 Å². The number of anilines is 2. The van der Waals surface area contributed by atoms with Crippen LogP contribution in [0.25, 0.3) is 10.9 Å². The minimum atomic E-state index is 0.592. The molecule has 2 heterocycles. The van der Waals surface area contributed by atoms with E-state index in [1.54, 1.807) is 0 Å². The Kier molecular flexibility index (Phi) is 3.28. The van der Waals surface area contributed by atoms with Crippen LogP contribution in [0.4, 0.5) is 11.4 Å². The molecule has 18 heavy (non-hydrogen) atoms. The highest BCUT2D eigenvalue weighted by Gasteiger charge is 2.14. The lowest BCUT2D eigenvalue weighted by molar-refractivity contribution is 0.667. The van der Waals surface area contributed by atoms with Gasteiger partial charge in [0.05, 0.1) is 5.52 Å². The molecule has 1 aliphatic rings. The average Bonchev–Trinajstić information content (AvgIpc) is 2.40. The first-order chi connectivity index (χ1) is 8.83. The van der Waals surface area contributed by atoms with Gasteiger partial charge in [-0.15, -0.1) is 0 Å². The van der Waals surface area contributed by atoms with Gasteiger partial charge in [0.2, 0.25) is 0 Å². The van der Waals surface area contributed by atoms with E-state index in [4.69, 9.17) is 5.73 Å². The SMILES string of the molecule is Nc1ccc2c(NC3CCSCC3)ccnc2c1. The molecule has 0 amide bonds. The lowest BCUT2D eigenvalue weighted by Crippen LogP contribution is -2.24. The third kappa shape index (κ3) is 2.38. The quantitative estimate of drug-likeness (QED) is 0.814. The lowest BCUT2D eigenvalue weighted by Gasteiger charge is -2.24. The van der Waals surface area contributed by atoms with Crippen molar-refractivity contribution < 1.29 is 0 Å². The molecule has 0 radical (unpaired) electrons. The summed E-state index contributed by atoms with van der Waals surface area (Å²) in [5.74, 6) is 2.52. The Morgan fingerprint density at radius 2 is 2.06 bits per heavy atom. The van der Waals surface area contributed by atoms with Gasteiger partial charge in [-0.1, -0.05) is 0 Å². The Morgan fingerprint density at radius 1 is 1.22 bits per heavy atom. The smallest absolute Gasteiger partial charge is 0.0743 e. The second-order valence-electron chi connectivity index (χ2n) is 4.67. The molecule has 3 N–H and O–H groups in total. The summed E-state index contributed by atoms with van der Waals surface area (Å²) in [6.45, 7) is 0. The number of hydrogen-bond acceptors (Lipinski definition) is 4. The summed E-state index contributed by atoms with van der Waals surface area (Å²) >= 11 is 2.05. The monoisotopic (exact) mass is 259 g/mol. The topological polar surface area (TPSA) is 50.9 Å². The summed E-state index contributed by atoms with van der Waals surface area (Å²) in [6.07, 6.45) is 4.33. The van der Waals surface area contributed by atoms with Gasteiger partial charge >= 0.3 is 0 Å². The molecule has 0 bridgehead atoms. The van der Waals surface area contributed by atoms with Crippen molar-refractivity contribution in [2.24, 2.45) is 0 Å². The molecule has 1 aromatic carbocycles. The van der Waals surface area contributed by atoms with Crippen molar-refractivity contribution in [1.29, 1.82) is 0 Å². The molecule has 0 saturated carbocycles. The predicted octanol–water partition coefficient (Wildman–Crippen LogP) is 3.12. The summed E-state index contributed by atoms with van der Waals surface area (Å²) in [4.78, 5) is 4.37. The number of fused-ring (bicyclic) bond motifs is 1. The summed E-state index contributed by atoms with van der Waals surface area (Å²) in [5, 5.41) is 4.81. The Hall–Kier alpha value is -1.42. The highest BCUT2D eigenvalue weighted by atomic mass is 32.2. The highest BCUT2D eigenvalue weighted by molar-refractivity contribution is 7.99. The first-order valence-corrected chi connectivity index (χ1v) is 7.47. The van der Waals surface area contributed by atoms with Crippen LogP contribution in [0, 0.1) is 0 Å². The van der Waals surface area contributed by atoms with E-state index in [1.807, 2.05) is 30.1 Å². The maximum absolute atomic E-state index is 5.80. The number of hydrogen-bond donors (Lipinski definition) is 2. The van der Waals surface area contributed by atoms with E-state index in [9.17, 15) is 0 Å². The minimum Gasteiger partial charge on any atom is -0.399 e. The van der Waals surface area contributed by atoms with Crippen LogP contribution < -0.4 is 11.1 Å². The van der Waals surface area contributed by atoms with Crippen LogP contribution in [-0.4, -0.2) is 22.5 Å². The van der Waals surface area contributed by atoms with Crippen LogP contribution in [0.3, 0.4) is 0 Å². The average molecular weight is 259 g/mol. The molecule has 0 atom stereocenters. The molecule has 0 aliphatic carbocycles. The summed E-state index contributed by atoms with van der Waals surface area (Å²) in [7, 11) is 0. The molecule has 0 unspecified atom stereocenters. The maximum atomic E-state index is 5.80. The van der Waals surface area contributed by atoms with Crippen LogP contribution >= 0.6 is 11.8 Å². The first kappa shape index (κ1) is 11.7. The predicted molar refractivity (Wildman–Crippen MR) is 80.1 cm³/mol. The van der Waals surface area contributed by atoms with E-state index in [0.29, 0.717) is 6.04 Å². The number of nitrogens with one attached hydrogen (secondary N) is 1. The van der Waals surface area contributed by atoms with Gasteiger partial charge in [-0.2, -0.15) is 11.8 Å². The minimum absolute atomic E-state index is 0.592. The third-order valence-electron chi connectivity index (χ3n) is 3.35. The number of thioether (sulfide) groups is 1. The van der Waals surface area contributed by atoms with Crippen LogP contribution in [0.5, 0.6) is 0 Å². The number of nitrogen functional groups attached to an aromatic ring is 1. The number of rotatable bonds is 2. The van der Waals surface area contributed by atoms with Crippen molar-refractivity contribution in [3.63, 3.8) is 0 Å². The Balaban J connectivity index is 1.91.